The normalized spacial score (nSPS) is 16.2. The Morgan fingerprint density at radius 2 is 1.85 bits per heavy atom. The Labute approximate surface area is 121 Å². The number of nitrogens with one attached hydrogen (secondary N) is 1. The van der Waals surface area contributed by atoms with E-state index >= 15 is 0 Å². The summed E-state index contributed by atoms with van der Waals surface area (Å²) in [6.07, 6.45) is 2.20. The van der Waals surface area contributed by atoms with Gasteiger partial charge in [0, 0.05) is 18.7 Å². The highest BCUT2D eigenvalue weighted by Crippen LogP contribution is 2.17. The highest BCUT2D eigenvalue weighted by molar-refractivity contribution is 5.94. The lowest BCUT2D eigenvalue weighted by atomic mass is 10.0. The summed E-state index contributed by atoms with van der Waals surface area (Å²) in [7, 11) is 1.90. The number of hydrogen-bond acceptors (Lipinski definition) is 3. The van der Waals surface area contributed by atoms with Crippen molar-refractivity contribution in [1.82, 2.24) is 10.2 Å². The van der Waals surface area contributed by atoms with E-state index in [0.29, 0.717) is 6.04 Å². The smallest absolute Gasteiger partial charge is 0.253 e. The van der Waals surface area contributed by atoms with Gasteiger partial charge in [0.25, 0.3) is 5.91 Å². The molecule has 1 saturated heterocycles. The Morgan fingerprint density at radius 1 is 1.25 bits per heavy atom. The van der Waals surface area contributed by atoms with Crippen molar-refractivity contribution in [1.29, 1.82) is 0 Å². The predicted molar refractivity (Wildman–Crippen MR) is 80.2 cm³/mol. The van der Waals surface area contributed by atoms with E-state index in [2.05, 4.69) is 5.32 Å². The molecular weight excluding hydrogens is 252 g/mol. The molecule has 1 fully saturated rings. The Balaban J connectivity index is 2.00. The Hall–Kier alpha value is -1.55. The summed E-state index contributed by atoms with van der Waals surface area (Å²) in [5, 5.41) is 3.32. The molecule has 4 nitrogen and oxygen atoms in total. The number of hydrogen-bond donors (Lipinski definition) is 1. The molecule has 0 aromatic heterocycles. The van der Waals surface area contributed by atoms with Crippen molar-refractivity contribution >= 4 is 5.91 Å². The molecule has 1 aromatic rings. The molecule has 0 unspecified atom stereocenters. The molecule has 20 heavy (non-hydrogen) atoms. The van der Waals surface area contributed by atoms with Gasteiger partial charge in [0.1, 0.15) is 5.75 Å². The first-order chi connectivity index (χ1) is 9.58. The fraction of sp³-hybridized carbons (Fsp3) is 0.562. The van der Waals surface area contributed by atoms with Gasteiger partial charge in [-0.3, -0.25) is 4.79 Å². The fourth-order valence-electron chi connectivity index (χ4n) is 2.51. The lowest BCUT2D eigenvalue weighted by Crippen LogP contribution is -2.43. The van der Waals surface area contributed by atoms with E-state index in [1.807, 2.05) is 50.1 Å². The first-order valence-corrected chi connectivity index (χ1v) is 7.32. The third kappa shape index (κ3) is 3.73. The zero-order valence-electron chi connectivity index (χ0n) is 12.6. The highest BCUT2D eigenvalue weighted by atomic mass is 16.5. The number of benzene rings is 1. The largest absolute Gasteiger partial charge is 0.491 e. The minimum Gasteiger partial charge on any atom is -0.491 e. The minimum atomic E-state index is 0.0907. The molecule has 1 amide bonds. The van der Waals surface area contributed by atoms with E-state index in [4.69, 9.17) is 4.74 Å². The van der Waals surface area contributed by atoms with Crippen LogP contribution in [0.4, 0.5) is 0 Å². The summed E-state index contributed by atoms with van der Waals surface area (Å²) in [6, 6.07) is 7.76. The highest BCUT2D eigenvalue weighted by Gasteiger charge is 2.22. The van der Waals surface area contributed by atoms with Crippen molar-refractivity contribution in [3.8, 4) is 5.75 Å². The first kappa shape index (κ1) is 14.9. The molecular formula is C16H24N2O2. The van der Waals surface area contributed by atoms with Crippen LogP contribution in [0.3, 0.4) is 0 Å². The van der Waals surface area contributed by atoms with Crippen molar-refractivity contribution in [3.63, 3.8) is 0 Å². The summed E-state index contributed by atoms with van der Waals surface area (Å²) in [5.74, 6) is 0.897. The maximum atomic E-state index is 12.4. The van der Waals surface area contributed by atoms with E-state index in [-0.39, 0.29) is 12.0 Å². The standard InChI is InChI=1S/C16H24N2O2/c1-12(2)20-15-6-4-13(5-7-15)16(19)18(3)14-8-10-17-11-9-14/h4-7,12,14,17H,8-11H2,1-3H3. The van der Waals surface area contributed by atoms with Crippen LogP contribution in [0.2, 0.25) is 0 Å². The second-order valence-corrected chi connectivity index (χ2v) is 5.59. The number of ether oxygens (including phenoxy) is 1. The lowest BCUT2D eigenvalue weighted by Gasteiger charge is -2.31. The summed E-state index contributed by atoms with van der Waals surface area (Å²) in [4.78, 5) is 14.3. The predicted octanol–water partition coefficient (Wildman–Crippen LogP) is 2.30. The molecule has 0 bridgehead atoms. The second kappa shape index (κ2) is 6.75. The van der Waals surface area contributed by atoms with Crippen LogP contribution in [-0.4, -0.2) is 43.1 Å². The SMILES string of the molecule is CC(C)Oc1ccc(C(=O)N(C)C2CCNCC2)cc1. The van der Waals surface area contributed by atoms with Crippen LogP contribution in [0, 0.1) is 0 Å². The quantitative estimate of drug-likeness (QED) is 0.917. The van der Waals surface area contributed by atoms with Gasteiger partial charge in [-0.1, -0.05) is 0 Å². The molecule has 110 valence electrons. The van der Waals surface area contributed by atoms with Crippen molar-refractivity contribution in [2.24, 2.45) is 0 Å². The topological polar surface area (TPSA) is 41.6 Å². The molecule has 2 rings (SSSR count). The lowest BCUT2D eigenvalue weighted by molar-refractivity contribution is 0.0703. The number of piperidine rings is 1. The van der Waals surface area contributed by atoms with Gasteiger partial charge in [-0.25, -0.2) is 0 Å². The molecule has 0 atom stereocenters. The summed E-state index contributed by atoms with van der Waals surface area (Å²) < 4.78 is 5.59. The Morgan fingerprint density at radius 3 is 2.40 bits per heavy atom. The number of nitrogens with zero attached hydrogens (tertiary/aromatic N) is 1. The van der Waals surface area contributed by atoms with E-state index in [9.17, 15) is 4.79 Å². The number of carbonyl (C=O) groups is 1. The van der Waals surface area contributed by atoms with E-state index in [1.165, 1.54) is 0 Å². The van der Waals surface area contributed by atoms with E-state index in [0.717, 1.165) is 37.2 Å². The van der Waals surface area contributed by atoms with Crippen LogP contribution in [0.5, 0.6) is 5.75 Å². The van der Waals surface area contributed by atoms with Crippen LogP contribution >= 0.6 is 0 Å². The zero-order chi connectivity index (χ0) is 14.5. The summed E-state index contributed by atoms with van der Waals surface area (Å²) >= 11 is 0. The monoisotopic (exact) mass is 276 g/mol. The van der Waals surface area contributed by atoms with Crippen molar-refractivity contribution in [2.45, 2.75) is 38.8 Å². The average molecular weight is 276 g/mol. The van der Waals surface area contributed by atoms with Crippen molar-refractivity contribution in [3.05, 3.63) is 29.8 Å². The molecule has 0 saturated carbocycles. The van der Waals surface area contributed by atoms with Crippen molar-refractivity contribution in [2.75, 3.05) is 20.1 Å². The molecule has 1 heterocycles. The van der Waals surface area contributed by atoms with Crippen LogP contribution in [0.25, 0.3) is 0 Å². The van der Waals surface area contributed by atoms with Gasteiger partial charge in [-0.2, -0.15) is 0 Å². The molecule has 1 N–H and O–H groups in total. The van der Waals surface area contributed by atoms with Crippen LogP contribution in [0.1, 0.15) is 37.0 Å². The summed E-state index contributed by atoms with van der Waals surface area (Å²) in [6.45, 7) is 5.96. The average Bonchev–Trinajstić information content (AvgIpc) is 2.47. The number of amides is 1. The third-order valence-corrected chi connectivity index (χ3v) is 3.65. The maximum Gasteiger partial charge on any atom is 0.253 e. The Bertz CT molecular complexity index is 436. The first-order valence-electron chi connectivity index (χ1n) is 7.32. The van der Waals surface area contributed by atoms with Gasteiger partial charge in [0.15, 0.2) is 0 Å². The maximum absolute atomic E-state index is 12.4. The van der Waals surface area contributed by atoms with Gasteiger partial charge in [-0.05, 0) is 64.0 Å². The van der Waals surface area contributed by atoms with E-state index in [1.54, 1.807) is 0 Å². The fourth-order valence-corrected chi connectivity index (χ4v) is 2.51. The van der Waals surface area contributed by atoms with Crippen LogP contribution < -0.4 is 10.1 Å². The Kier molecular flexibility index (Phi) is 5.01. The van der Waals surface area contributed by atoms with Gasteiger partial charge in [0.05, 0.1) is 6.10 Å². The molecule has 1 aliphatic heterocycles. The van der Waals surface area contributed by atoms with Gasteiger partial charge in [-0.15, -0.1) is 0 Å². The summed E-state index contributed by atoms with van der Waals surface area (Å²) in [5.41, 5.74) is 0.724. The molecule has 0 radical (unpaired) electrons. The zero-order valence-corrected chi connectivity index (χ0v) is 12.6. The van der Waals surface area contributed by atoms with E-state index < -0.39 is 0 Å². The molecule has 1 aliphatic rings. The molecule has 0 aliphatic carbocycles. The van der Waals surface area contributed by atoms with Gasteiger partial charge < -0.3 is 15.0 Å². The van der Waals surface area contributed by atoms with Crippen LogP contribution in [-0.2, 0) is 0 Å². The number of carbonyl (C=O) groups excluding carboxylic acids is 1. The molecule has 1 aromatic carbocycles. The van der Waals surface area contributed by atoms with Crippen LogP contribution in [0.15, 0.2) is 24.3 Å². The van der Waals surface area contributed by atoms with Crippen molar-refractivity contribution < 1.29 is 9.53 Å². The van der Waals surface area contributed by atoms with Gasteiger partial charge in [0.2, 0.25) is 0 Å². The number of rotatable bonds is 4. The third-order valence-electron chi connectivity index (χ3n) is 3.65. The second-order valence-electron chi connectivity index (χ2n) is 5.59. The molecule has 0 spiro atoms. The molecule has 4 heteroatoms. The minimum absolute atomic E-state index is 0.0907. The van der Waals surface area contributed by atoms with Gasteiger partial charge >= 0.3 is 0 Å².